The third kappa shape index (κ3) is 3.49. The average molecular weight is 247 g/mol. The van der Waals surface area contributed by atoms with E-state index in [9.17, 15) is 18.0 Å². The molecule has 0 atom stereocenters. The Balaban J connectivity index is 3.20. The molecule has 92 valence electrons. The van der Waals surface area contributed by atoms with Crippen LogP contribution in [-0.2, 0) is 13.0 Å². The van der Waals surface area contributed by atoms with Crippen molar-refractivity contribution in [3.8, 4) is 11.9 Å². The second-order valence-electron chi connectivity index (χ2n) is 3.06. The van der Waals surface area contributed by atoms with Gasteiger partial charge < -0.3 is 10.5 Å². The third-order valence-corrected chi connectivity index (χ3v) is 1.87. The lowest BCUT2D eigenvalue weighted by Crippen LogP contribution is -2.23. The van der Waals surface area contributed by atoms with Crippen LogP contribution in [0.3, 0.4) is 0 Å². The molecule has 0 aliphatic rings. The lowest BCUT2D eigenvalue weighted by atomic mass is 10.1. The second kappa shape index (κ2) is 4.88. The van der Waals surface area contributed by atoms with Gasteiger partial charge in [-0.15, -0.1) is 13.2 Å². The molecular weight excluding hydrogens is 239 g/mol. The van der Waals surface area contributed by atoms with Gasteiger partial charge in [-0.1, -0.05) is 0 Å². The molecule has 0 radical (unpaired) electrons. The van der Waals surface area contributed by atoms with E-state index >= 15 is 0 Å². The summed E-state index contributed by atoms with van der Waals surface area (Å²) in [6.07, 6.45) is -5.13. The quantitative estimate of drug-likeness (QED) is 0.826. The number of aromatic nitrogens is 1. The van der Waals surface area contributed by atoms with Crippen LogP contribution < -0.4 is 16.0 Å². The average Bonchev–Trinajstić information content (AvgIpc) is 2.20. The highest BCUT2D eigenvalue weighted by Gasteiger charge is 2.32. The summed E-state index contributed by atoms with van der Waals surface area (Å²) in [6.45, 7) is -0.249. The number of aromatic amines is 1. The first-order chi connectivity index (χ1) is 7.87. The van der Waals surface area contributed by atoms with Crippen LogP contribution in [0.4, 0.5) is 13.2 Å². The standard InChI is InChI=1S/C9H8F3N3O2/c10-9(11,12)17-8-6(4-14)3-5(1-2-13)7(16)15-8/h3H,1,4,14H2,(H,15,16). The Kier molecular flexibility index (Phi) is 3.75. The Morgan fingerprint density at radius 1 is 1.47 bits per heavy atom. The number of nitriles is 1. The lowest BCUT2D eigenvalue weighted by molar-refractivity contribution is -0.276. The Bertz CT molecular complexity index is 502. The van der Waals surface area contributed by atoms with Crippen LogP contribution in [0.5, 0.6) is 5.88 Å². The first-order valence-electron chi connectivity index (χ1n) is 4.45. The van der Waals surface area contributed by atoms with Gasteiger partial charge in [0, 0.05) is 17.7 Å². The minimum atomic E-state index is -4.91. The number of ether oxygens (including phenoxy) is 1. The SMILES string of the molecule is N#CCc1cc(CN)c(OC(F)(F)F)[nH]c1=O. The number of nitrogens with zero attached hydrogens (tertiary/aromatic N) is 1. The summed E-state index contributed by atoms with van der Waals surface area (Å²) in [5.74, 6) is -0.744. The zero-order chi connectivity index (χ0) is 13.1. The number of rotatable bonds is 3. The van der Waals surface area contributed by atoms with E-state index in [0.29, 0.717) is 0 Å². The minimum absolute atomic E-state index is 0.0211. The Hall–Kier alpha value is -2.01. The molecule has 1 rings (SSSR count). The van der Waals surface area contributed by atoms with Crippen molar-refractivity contribution in [1.82, 2.24) is 4.98 Å². The number of nitrogens with two attached hydrogens (primary N) is 1. The van der Waals surface area contributed by atoms with Crippen molar-refractivity contribution in [2.75, 3.05) is 0 Å². The van der Waals surface area contributed by atoms with Gasteiger partial charge in [-0.05, 0) is 6.07 Å². The molecule has 8 heteroatoms. The summed E-state index contributed by atoms with van der Waals surface area (Å²) in [4.78, 5) is 13.2. The fourth-order valence-corrected chi connectivity index (χ4v) is 1.18. The van der Waals surface area contributed by atoms with Gasteiger partial charge in [0.25, 0.3) is 5.56 Å². The maximum Gasteiger partial charge on any atom is 0.574 e. The first-order valence-corrected chi connectivity index (χ1v) is 4.45. The van der Waals surface area contributed by atoms with Gasteiger partial charge in [-0.25, -0.2) is 0 Å². The zero-order valence-electron chi connectivity index (χ0n) is 8.47. The van der Waals surface area contributed by atoms with Crippen LogP contribution in [0, 0.1) is 11.3 Å². The number of H-pyrrole nitrogens is 1. The monoisotopic (exact) mass is 247 g/mol. The molecule has 0 bridgehead atoms. The minimum Gasteiger partial charge on any atom is -0.389 e. The van der Waals surface area contributed by atoms with E-state index in [1.165, 1.54) is 0 Å². The Morgan fingerprint density at radius 2 is 2.12 bits per heavy atom. The number of nitrogens with one attached hydrogen (secondary N) is 1. The molecule has 17 heavy (non-hydrogen) atoms. The van der Waals surface area contributed by atoms with Crippen molar-refractivity contribution in [2.24, 2.45) is 5.73 Å². The van der Waals surface area contributed by atoms with Crippen LogP contribution in [0.15, 0.2) is 10.9 Å². The molecule has 0 fully saturated rings. The molecule has 0 spiro atoms. The van der Waals surface area contributed by atoms with Crippen molar-refractivity contribution >= 4 is 0 Å². The predicted octanol–water partition coefficient (Wildman–Crippen LogP) is 0.798. The molecule has 0 aliphatic carbocycles. The van der Waals surface area contributed by atoms with Crippen LogP contribution in [-0.4, -0.2) is 11.3 Å². The highest BCUT2D eigenvalue weighted by Crippen LogP contribution is 2.23. The number of hydrogen-bond donors (Lipinski definition) is 2. The molecule has 1 aromatic heterocycles. The predicted molar refractivity (Wildman–Crippen MR) is 51.0 cm³/mol. The van der Waals surface area contributed by atoms with Crippen molar-refractivity contribution in [3.63, 3.8) is 0 Å². The van der Waals surface area contributed by atoms with E-state index in [1.807, 2.05) is 4.98 Å². The third-order valence-electron chi connectivity index (χ3n) is 1.87. The zero-order valence-corrected chi connectivity index (χ0v) is 8.47. The maximum absolute atomic E-state index is 12.0. The van der Waals surface area contributed by atoms with E-state index in [-0.39, 0.29) is 24.1 Å². The fraction of sp³-hybridized carbons (Fsp3) is 0.333. The van der Waals surface area contributed by atoms with Gasteiger partial charge in [0.05, 0.1) is 12.5 Å². The van der Waals surface area contributed by atoms with Crippen molar-refractivity contribution in [2.45, 2.75) is 19.3 Å². The molecular formula is C9H8F3N3O2. The highest BCUT2D eigenvalue weighted by molar-refractivity contribution is 5.31. The van der Waals surface area contributed by atoms with Crippen LogP contribution >= 0.6 is 0 Å². The van der Waals surface area contributed by atoms with Gasteiger partial charge in [-0.2, -0.15) is 5.26 Å². The van der Waals surface area contributed by atoms with Gasteiger partial charge in [0.15, 0.2) is 0 Å². The first kappa shape index (κ1) is 13.1. The molecule has 1 heterocycles. The Labute approximate surface area is 93.6 Å². The van der Waals surface area contributed by atoms with Crippen LogP contribution in [0.2, 0.25) is 0 Å². The van der Waals surface area contributed by atoms with Gasteiger partial charge in [-0.3, -0.25) is 9.78 Å². The molecule has 0 unspecified atom stereocenters. The van der Waals surface area contributed by atoms with Gasteiger partial charge >= 0.3 is 6.36 Å². The number of halogens is 3. The summed E-state index contributed by atoms with van der Waals surface area (Å²) in [6, 6.07) is 2.85. The van der Waals surface area contributed by atoms with E-state index in [1.54, 1.807) is 6.07 Å². The maximum atomic E-state index is 12.0. The number of pyridine rings is 1. The molecule has 0 aromatic carbocycles. The smallest absolute Gasteiger partial charge is 0.389 e. The second-order valence-corrected chi connectivity index (χ2v) is 3.06. The lowest BCUT2D eigenvalue weighted by Gasteiger charge is -2.12. The summed E-state index contributed by atoms with van der Waals surface area (Å²) < 4.78 is 39.6. The summed E-state index contributed by atoms with van der Waals surface area (Å²) in [7, 11) is 0. The normalized spacial score (nSPS) is 11.0. The molecule has 0 saturated carbocycles. The fourth-order valence-electron chi connectivity index (χ4n) is 1.18. The van der Waals surface area contributed by atoms with Crippen LogP contribution in [0.25, 0.3) is 0 Å². The summed E-state index contributed by atoms with van der Waals surface area (Å²) in [5.41, 5.74) is 4.45. The molecule has 3 N–H and O–H groups in total. The van der Waals surface area contributed by atoms with Crippen molar-refractivity contribution in [1.29, 1.82) is 5.26 Å². The summed E-state index contributed by atoms with van der Waals surface area (Å²) in [5, 5.41) is 8.42. The van der Waals surface area contributed by atoms with Crippen molar-refractivity contribution in [3.05, 3.63) is 27.5 Å². The van der Waals surface area contributed by atoms with Gasteiger partial charge in [0.1, 0.15) is 0 Å². The van der Waals surface area contributed by atoms with Crippen molar-refractivity contribution < 1.29 is 17.9 Å². The largest absolute Gasteiger partial charge is 0.574 e. The highest BCUT2D eigenvalue weighted by atomic mass is 19.4. The molecule has 0 saturated heterocycles. The van der Waals surface area contributed by atoms with E-state index in [4.69, 9.17) is 11.0 Å². The molecule has 0 amide bonds. The Morgan fingerprint density at radius 3 is 2.59 bits per heavy atom. The van der Waals surface area contributed by atoms with E-state index in [2.05, 4.69) is 4.74 Å². The molecule has 5 nitrogen and oxygen atoms in total. The van der Waals surface area contributed by atoms with Gasteiger partial charge in [0.2, 0.25) is 5.88 Å². The summed E-state index contributed by atoms with van der Waals surface area (Å²) >= 11 is 0. The topological polar surface area (TPSA) is 91.9 Å². The number of hydrogen-bond acceptors (Lipinski definition) is 4. The van der Waals surface area contributed by atoms with E-state index in [0.717, 1.165) is 6.07 Å². The molecule has 0 aliphatic heterocycles. The number of alkyl halides is 3. The van der Waals surface area contributed by atoms with E-state index < -0.39 is 17.8 Å². The van der Waals surface area contributed by atoms with Crippen LogP contribution in [0.1, 0.15) is 11.1 Å². The molecule has 1 aromatic rings.